The molecule has 0 unspecified atom stereocenters. The standard InChI is InChI=1S/C8H5F2NO/c1-11-8-6(9)2-5(4-12)3-7(8)10/h2-3,12H,4H2. The van der Waals surface area contributed by atoms with Gasteiger partial charge in [0.1, 0.15) is 11.6 Å². The van der Waals surface area contributed by atoms with Gasteiger partial charge < -0.3 is 5.11 Å². The number of nitrogens with zero attached hydrogens (tertiary/aromatic N) is 1. The maximum atomic E-state index is 12.7. The molecule has 0 saturated carbocycles. The molecule has 0 saturated heterocycles. The van der Waals surface area contributed by atoms with E-state index < -0.39 is 23.9 Å². The van der Waals surface area contributed by atoms with Gasteiger partial charge >= 0.3 is 0 Å². The van der Waals surface area contributed by atoms with Gasteiger partial charge in [-0.25, -0.2) is 13.6 Å². The van der Waals surface area contributed by atoms with Crippen LogP contribution in [-0.2, 0) is 6.61 Å². The van der Waals surface area contributed by atoms with Crippen LogP contribution in [0, 0.1) is 18.2 Å². The van der Waals surface area contributed by atoms with Gasteiger partial charge in [0.05, 0.1) is 13.2 Å². The number of aliphatic hydroxyl groups excluding tert-OH is 1. The monoisotopic (exact) mass is 169 g/mol. The molecular weight excluding hydrogens is 164 g/mol. The summed E-state index contributed by atoms with van der Waals surface area (Å²) in [6.45, 7) is 6.00. The molecule has 0 bridgehead atoms. The Morgan fingerprint density at radius 3 is 2.17 bits per heavy atom. The van der Waals surface area contributed by atoms with Gasteiger partial charge in [0.15, 0.2) is 0 Å². The largest absolute Gasteiger partial charge is 0.392 e. The van der Waals surface area contributed by atoms with Crippen LogP contribution in [0.15, 0.2) is 12.1 Å². The van der Waals surface area contributed by atoms with E-state index in [1.165, 1.54) is 0 Å². The molecule has 0 amide bonds. The second-order valence-electron chi connectivity index (χ2n) is 2.18. The average Bonchev–Trinajstić information content (AvgIpc) is 2.03. The summed E-state index contributed by atoms with van der Waals surface area (Å²) in [5, 5.41) is 8.54. The molecular formula is C8H5F2NO. The van der Waals surface area contributed by atoms with Gasteiger partial charge in [-0.15, -0.1) is 0 Å². The van der Waals surface area contributed by atoms with Crippen LogP contribution in [0.25, 0.3) is 4.85 Å². The van der Waals surface area contributed by atoms with Gasteiger partial charge in [-0.2, -0.15) is 0 Å². The van der Waals surface area contributed by atoms with E-state index in [1.807, 2.05) is 0 Å². The van der Waals surface area contributed by atoms with Crippen LogP contribution in [0.5, 0.6) is 0 Å². The van der Waals surface area contributed by atoms with Gasteiger partial charge in [-0.3, -0.25) is 0 Å². The zero-order valence-corrected chi connectivity index (χ0v) is 6.01. The van der Waals surface area contributed by atoms with Crippen LogP contribution in [0.4, 0.5) is 14.5 Å². The third-order valence-electron chi connectivity index (χ3n) is 1.37. The maximum Gasteiger partial charge on any atom is 0.256 e. The van der Waals surface area contributed by atoms with E-state index >= 15 is 0 Å². The predicted molar refractivity (Wildman–Crippen MR) is 38.5 cm³/mol. The van der Waals surface area contributed by atoms with Gasteiger partial charge in [0.2, 0.25) is 0 Å². The fourth-order valence-corrected chi connectivity index (χ4v) is 0.816. The third-order valence-corrected chi connectivity index (χ3v) is 1.37. The lowest BCUT2D eigenvalue weighted by Gasteiger charge is -1.99. The zero-order valence-electron chi connectivity index (χ0n) is 6.01. The van der Waals surface area contributed by atoms with Gasteiger partial charge in [-0.05, 0) is 17.7 Å². The number of benzene rings is 1. The lowest BCUT2D eigenvalue weighted by atomic mass is 10.2. The highest BCUT2D eigenvalue weighted by molar-refractivity contribution is 5.48. The van der Waals surface area contributed by atoms with Crippen LogP contribution in [0.2, 0.25) is 0 Å². The smallest absolute Gasteiger partial charge is 0.256 e. The molecule has 2 nitrogen and oxygen atoms in total. The second-order valence-corrected chi connectivity index (χ2v) is 2.18. The van der Waals surface area contributed by atoms with Crippen molar-refractivity contribution in [2.24, 2.45) is 0 Å². The van der Waals surface area contributed by atoms with Crippen molar-refractivity contribution in [2.45, 2.75) is 6.61 Å². The van der Waals surface area contributed by atoms with Crippen LogP contribution in [-0.4, -0.2) is 5.11 Å². The van der Waals surface area contributed by atoms with E-state index in [0.717, 1.165) is 12.1 Å². The summed E-state index contributed by atoms with van der Waals surface area (Å²) < 4.78 is 25.5. The van der Waals surface area contributed by atoms with E-state index in [-0.39, 0.29) is 5.56 Å². The maximum absolute atomic E-state index is 12.7. The summed E-state index contributed by atoms with van der Waals surface area (Å²) in [5.74, 6) is -1.87. The number of aliphatic hydroxyl groups is 1. The molecule has 0 spiro atoms. The molecule has 1 rings (SSSR count). The van der Waals surface area contributed by atoms with Crippen molar-refractivity contribution < 1.29 is 13.9 Å². The van der Waals surface area contributed by atoms with Crippen molar-refractivity contribution in [1.29, 1.82) is 0 Å². The second kappa shape index (κ2) is 3.28. The Hall–Kier alpha value is -1.47. The Balaban J connectivity index is 3.30. The van der Waals surface area contributed by atoms with Gasteiger partial charge in [0, 0.05) is 0 Å². The summed E-state index contributed by atoms with van der Waals surface area (Å²) >= 11 is 0. The minimum absolute atomic E-state index is 0.123. The van der Waals surface area contributed by atoms with Crippen molar-refractivity contribution in [2.75, 3.05) is 0 Å². The molecule has 1 N–H and O–H groups in total. The molecule has 0 aliphatic carbocycles. The minimum atomic E-state index is -0.936. The molecule has 0 aliphatic heterocycles. The summed E-state index contributed by atoms with van der Waals surface area (Å²) in [6.07, 6.45) is 0. The lowest BCUT2D eigenvalue weighted by Crippen LogP contribution is -1.88. The highest BCUT2D eigenvalue weighted by atomic mass is 19.1. The highest BCUT2D eigenvalue weighted by Crippen LogP contribution is 2.23. The number of halogens is 2. The average molecular weight is 169 g/mol. The summed E-state index contributed by atoms with van der Waals surface area (Å²) in [4.78, 5) is 2.66. The quantitative estimate of drug-likeness (QED) is 0.639. The fourth-order valence-electron chi connectivity index (χ4n) is 0.816. The number of rotatable bonds is 1. The Bertz CT molecular complexity index is 320. The zero-order chi connectivity index (χ0) is 9.14. The Kier molecular flexibility index (Phi) is 2.36. The van der Waals surface area contributed by atoms with E-state index in [1.54, 1.807) is 0 Å². The molecule has 0 aromatic heterocycles. The summed E-state index contributed by atoms with van der Waals surface area (Å²) in [7, 11) is 0. The Morgan fingerprint density at radius 1 is 1.33 bits per heavy atom. The Labute approximate surface area is 67.9 Å². The third kappa shape index (κ3) is 1.41. The first-order chi connectivity index (χ1) is 5.69. The van der Waals surface area contributed by atoms with Crippen molar-refractivity contribution in [3.8, 4) is 0 Å². The molecule has 12 heavy (non-hydrogen) atoms. The summed E-state index contributed by atoms with van der Waals surface area (Å²) in [5.41, 5.74) is -0.510. The molecule has 0 aliphatic rings. The molecule has 62 valence electrons. The van der Waals surface area contributed by atoms with Gasteiger partial charge in [-0.1, -0.05) is 0 Å². The molecule has 1 aromatic rings. The fraction of sp³-hybridized carbons (Fsp3) is 0.125. The molecule has 4 heteroatoms. The first-order valence-corrected chi connectivity index (χ1v) is 3.15. The highest BCUT2D eigenvalue weighted by Gasteiger charge is 2.09. The summed E-state index contributed by atoms with van der Waals surface area (Å²) in [6, 6.07) is 1.88. The van der Waals surface area contributed by atoms with Crippen molar-refractivity contribution >= 4 is 5.69 Å². The lowest BCUT2D eigenvalue weighted by molar-refractivity contribution is 0.280. The van der Waals surface area contributed by atoms with E-state index in [2.05, 4.69) is 4.85 Å². The predicted octanol–water partition coefficient (Wildman–Crippen LogP) is 2.01. The first-order valence-electron chi connectivity index (χ1n) is 3.15. The molecule has 0 fully saturated rings. The van der Waals surface area contributed by atoms with Crippen molar-refractivity contribution in [3.63, 3.8) is 0 Å². The van der Waals surface area contributed by atoms with Crippen LogP contribution < -0.4 is 0 Å². The van der Waals surface area contributed by atoms with Crippen LogP contribution in [0.1, 0.15) is 5.56 Å². The SMILES string of the molecule is [C-]#[N+]c1c(F)cc(CO)cc1F. The van der Waals surface area contributed by atoms with E-state index in [4.69, 9.17) is 11.7 Å². The number of hydrogen-bond donors (Lipinski definition) is 1. The van der Waals surface area contributed by atoms with Crippen LogP contribution in [0.3, 0.4) is 0 Å². The number of hydrogen-bond acceptors (Lipinski definition) is 1. The van der Waals surface area contributed by atoms with Crippen LogP contribution >= 0.6 is 0 Å². The molecule has 0 heterocycles. The molecule has 0 atom stereocenters. The van der Waals surface area contributed by atoms with E-state index in [0.29, 0.717) is 0 Å². The molecule has 1 aromatic carbocycles. The van der Waals surface area contributed by atoms with Crippen molar-refractivity contribution in [1.82, 2.24) is 0 Å². The minimum Gasteiger partial charge on any atom is -0.392 e. The Morgan fingerprint density at radius 2 is 1.83 bits per heavy atom. The van der Waals surface area contributed by atoms with Crippen molar-refractivity contribution in [3.05, 3.63) is 40.7 Å². The topological polar surface area (TPSA) is 24.6 Å². The first kappa shape index (κ1) is 8.62. The normalized spacial score (nSPS) is 9.50. The molecule has 0 radical (unpaired) electrons. The van der Waals surface area contributed by atoms with E-state index in [9.17, 15) is 8.78 Å². The van der Waals surface area contributed by atoms with Gasteiger partial charge in [0.25, 0.3) is 5.69 Å².